The molecule has 0 saturated carbocycles. The van der Waals surface area contributed by atoms with Crippen molar-refractivity contribution in [1.29, 1.82) is 0 Å². The second-order valence-corrected chi connectivity index (χ2v) is 0.305. The molecule has 0 aromatic carbocycles. The van der Waals surface area contributed by atoms with E-state index in [1.54, 1.807) is 0 Å². The Morgan fingerprint density at radius 1 is 1.56 bits per heavy atom. The fourth-order valence-electron chi connectivity index (χ4n) is 0. The molecule has 9 heteroatoms. The molecule has 1 N–H and O–H groups in total. The largest absolute Gasteiger partial charge is 2.00 e. The van der Waals surface area contributed by atoms with Gasteiger partial charge >= 0.3 is 67.3 Å². The molecule has 0 unspecified atom stereocenters. The van der Waals surface area contributed by atoms with Gasteiger partial charge in [-0.15, -0.1) is 4.91 Å². The van der Waals surface area contributed by atoms with Crippen LogP contribution in [0.1, 0.15) is 2.85 Å². The van der Waals surface area contributed by atoms with Crippen molar-refractivity contribution in [3.63, 3.8) is 0 Å². The van der Waals surface area contributed by atoms with E-state index >= 15 is 0 Å². The summed E-state index contributed by atoms with van der Waals surface area (Å²) in [6, 6.07) is 0. The van der Waals surface area contributed by atoms with Crippen LogP contribution in [0.4, 0.5) is 0 Å². The third-order valence-corrected chi connectivity index (χ3v) is 0. The molecular formula is H3CaN2NaO5. The molecule has 0 spiro atoms. The minimum atomic E-state index is -1.75. The fraction of sp³-hybridized carbons (Fsp3) is 0. The summed E-state index contributed by atoms with van der Waals surface area (Å²) in [6.45, 7) is 0. The number of rotatable bonds is 0. The predicted molar refractivity (Wildman–Crippen MR) is 25.9 cm³/mol. The zero-order valence-corrected chi connectivity index (χ0v) is 8.89. The quantitative estimate of drug-likeness (QED) is 0.179. The summed E-state index contributed by atoms with van der Waals surface area (Å²) in [5.74, 6) is 0. The van der Waals surface area contributed by atoms with Crippen molar-refractivity contribution < 1.29 is 42.7 Å². The topological polar surface area (TPSA) is 116 Å². The van der Waals surface area contributed by atoms with Gasteiger partial charge in [-0.05, 0) is 0 Å². The molecule has 0 aromatic heterocycles. The normalized spacial score (nSPS) is 4.00. The van der Waals surface area contributed by atoms with Crippen molar-refractivity contribution in [2.24, 2.45) is 5.34 Å². The summed E-state index contributed by atoms with van der Waals surface area (Å²) < 4.78 is 0. The van der Waals surface area contributed by atoms with Gasteiger partial charge in [-0.25, -0.2) is 0 Å². The second kappa shape index (κ2) is 23.2. The van der Waals surface area contributed by atoms with E-state index in [1.165, 1.54) is 5.34 Å². The van der Waals surface area contributed by atoms with E-state index in [4.69, 9.17) is 25.4 Å². The van der Waals surface area contributed by atoms with Crippen molar-refractivity contribution in [2.75, 3.05) is 0 Å². The van der Waals surface area contributed by atoms with Crippen LogP contribution in [0.15, 0.2) is 5.34 Å². The van der Waals surface area contributed by atoms with E-state index in [2.05, 4.69) is 0 Å². The van der Waals surface area contributed by atoms with Crippen LogP contribution >= 0.6 is 0 Å². The van der Waals surface area contributed by atoms with Crippen LogP contribution in [0, 0.1) is 20.2 Å². The third-order valence-electron chi connectivity index (χ3n) is 0. The molecule has 0 saturated heterocycles. The molecule has 46 valence electrons. The minimum absolute atomic E-state index is 0. The first-order valence-corrected chi connectivity index (χ1v) is 0.930. The van der Waals surface area contributed by atoms with Crippen molar-refractivity contribution >= 4 is 37.7 Å². The molecule has 0 fully saturated rings. The number of hydrogen-bond donors (Lipinski definition) is 1. The Morgan fingerprint density at radius 3 is 1.56 bits per heavy atom. The maximum Gasteiger partial charge on any atom is 2.00 e. The zero-order valence-electron chi connectivity index (χ0n) is 6.68. The summed E-state index contributed by atoms with van der Waals surface area (Å²) in [7, 11) is 0. The summed E-state index contributed by atoms with van der Waals surface area (Å²) in [5, 5.41) is 22.6. The van der Waals surface area contributed by atoms with Gasteiger partial charge in [0.1, 0.15) is 0 Å². The maximum absolute atomic E-state index is 8.25. The first-order chi connectivity index (χ1) is 3.15. The first-order valence-electron chi connectivity index (χ1n) is 0.930. The molecule has 9 heavy (non-hydrogen) atoms. The molecule has 0 rings (SSSR count). The SMILES string of the molecule is O=NO.O=[N+]([O-])[O-].[Ca+2].[H-].[H-].[Na+]. The summed E-state index contributed by atoms with van der Waals surface area (Å²) in [6.07, 6.45) is 0. The molecule has 0 amide bonds. The Morgan fingerprint density at radius 2 is 1.56 bits per heavy atom. The Labute approximate surface area is 105 Å². The van der Waals surface area contributed by atoms with Crippen LogP contribution < -0.4 is 29.6 Å². The van der Waals surface area contributed by atoms with Crippen molar-refractivity contribution in [2.45, 2.75) is 0 Å². The summed E-state index contributed by atoms with van der Waals surface area (Å²) in [4.78, 5) is 16.4. The Balaban J connectivity index is -0.00000000848. The van der Waals surface area contributed by atoms with Crippen molar-refractivity contribution in [1.82, 2.24) is 0 Å². The van der Waals surface area contributed by atoms with Crippen LogP contribution in [-0.2, 0) is 0 Å². The van der Waals surface area contributed by atoms with Crippen molar-refractivity contribution in [3.05, 3.63) is 20.2 Å². The zero-order chi connectivity index (χ0) is 6.28. The van der Waals surface area contributed by atoms with Gasteiger partial charge < -0.3 is 23.4 Å². The molecule has 0 bridgehead atoms. The maximum atomic E-state index is 8.25. The molecular weight excluding hydrogens is 171 g/mol. The van der Waals surface area contributed by atoms with Gasteiger partial charge in [-0.2, -0.15) is 0 Å². The van der Waals surface area contributed by atoms with E-state index in [1.807, 2.05) is 0 Å². The van der Waals surface area contributed by atoms with E-state index in [-0.39, 0.29) is 70.1 Å². The van der Waals surface area contributed by atoms with Crippen LogP contribution in [-0.4, -0.2) is 48.0 Å². The van der Waals surface area contributed by atoms with Gasteiger partial charge in [-0.1, -0.05) is 0 Å². The average molecular weight is 174 g/mol. The van der Waals surface area contributed by atoms with Crippen LogP contribution in [0.25, 0.3) is 0 Å². The van der Waals surface area contributed by atoms with Gasteiger partial charge in [-0.3, -0.25) is 0 Å². The van der Waals surface area contributed by atoms with Gasteiger partial charge in [0.05, 0.1) is 5.09 Å². The summed E-state index contributed by atoms with van der Waals surface area (Å²) >= 11 is 0. The van der Waals surface area contributed by atoms with Crippen molar-refractivity contribution in [3.8, 4) is 0 Å². The minimum Gasteiger partial charge on any atom is -1.00 e. The number of hydrogen-bond acceptors (Lipinski definition) is 5. The molecule has 0 aliphatic heterocycles. The Kier molecular flexibility index (Phi) is 58.0. The monoisotopic (exact) mass is 174 g/mol. The first kappa shape index (κ1) is 22.5. The molecule has 0 atom stereocenters. The number of nitrogens with zero attached hydrogens (tertiary/aromatic N) is 2. The van der Waals surface area contributed by atoms with Gasteiger partial charge in [0, 0.05) is 0 Å². The van der Waals surface area contributed by atoms with Gasteiger partial charge in [0.25, 0.3) is 0 Å². The Hall–Kier alpha value is 0.860. The van der Waals surface area contributed by atoms with Crippen LogP contribution in [0.5, 0.6) is 0 Å². The fourth-order valence-corrected chi connectivity index (χ4v) is 0. The smallest absolute Gasteiger partial charge is 1.00 e. The van der Waals surface area contributed by atoms with Gasteiger partial charge in [0.2, 0.25) is 0 Å². The Bertz CT molecular complexity index is 69.5. The van der Waals surface area contributed by atoms with E-state index < -0.39 is 5.09 Å². The predicted octanol–water partition coefficient (Wildman–Crippen LogP) is -3.25. The van der Waals surface area contributed by atoms with E-state index in [0.717, 1.165) is 0 Å². The second-order valence-electron chi connectivity index (χ2n) is 0.305. The molecule has 0 heterocycles. The summed E-state index contributed by atoms with van der Waals surface area (Å²) in [5.41, 5.74) is 0. The molecule has 7 nitrogen and oxygen atoms in total. The standard InChI is InChI=1S/Ca.NO3.HNO2.Na.2H/c;2-1(3)4;2-1-3;;;/h;;(H,2,3);;;/q+2;-1;;+1;2*-1. The molecule has 0 aliphatic carbocycles. The average Bonchev–Trinajstić information content (AvgIpc) is 1.33. The van der Waals surface area contributed by atoms with Gasteiger partial charge in [0.15, 0.2) is 5.34 Å². The van der Waals surface area contributed by atoms with Crippen LogP contribution in [0.2, 0.25) is 0 Å². The molecule has 0 aromatic rings. The van der Waals surface area contributed by atoms with E-state index in [9.17, 15) is 0 Å². The molecule has 0 aliphatic rings. The molecule has 0 radical (unpaired) electrons. The van der Waals surface area contributed by atoms with Crippen LogP contribution in [0.3, 0.4) is 0 Å². The van der Waals surface area contributed by atoms with E-state index in [0.29, 0.717) is 0 Å². The third kappa shape index (κ3) is 564.